The van der Waals surface area contributed by atoms with E-state index in [1.54, 1.807) is 0 Å². The van der Waals surface area contributed by atoms with E-state index in [-0.39, 0.29) is 11.5 Å². The number of carbonyl (C=O) groups is 1. The quantitative estimate of drug-likeness (QED) is 0.643. The largest absolute Gasteiger partial charge is 0.481 e. The zero-order chi connectivity index (χ0) is 8.93. The molecule has 3 nitrogen and oxygen atoms in total. The second-order valence-electron chi connectivity index (χ2n) is 4.33. The monoisotopic (exact) mass is 169 g/mol. The van der Waals surface area contributed by atoms with Crippen LogP contribution in [0, 0.1) is 17.3 Å². The van der Waals surface area contributed by atoms with Crippen molar-refractivity contribution >= 4 is 5.97 Å². The van der Waals surface area contributed by atoms with Crippen LogP contribution in [0.15, 0.2) is 0 Å². The first kappa shape index (κ1) is 8.05. The van der Waals surface area contributed by atoms with E-state index in [0.29, 0.717) is 11.8 Å². The highest BCUT2D eigenvalue weighted by molar-refractivity contribution is 5.79. The molecular formula is C9H15NO2. The number of rotatable bonds is 2. The van der Waals surface area contributed by atoms with Crippen molar-refractivity contribution in [3.63, 3.8) is 0 Å². The van der Waals surface area contributed by atoms with Crippen molar-refractivity contribution in [2.45, 2.75) is 32.2 Å². The highest BCUT2D eigenvalue weighted by Gasteiger charge is 2.66. The van der Waals surface area contributed by atoms with Crippen LogP contribution in [0.3, 0.4) is 0 Å². The summed E-state index contributed by atoms with van der Waals surface area (Å²) in [5.74, 6) is 0.242. The Morgan fingerprint density at radius 3 is 2.67 bits per heavy atom. The summed E-state index contributed by atoms with van der Waals surface area (Å²) in [7, 11) is 0. The molecule has 0 aliphatic heterocycles. The van der Waals surface area contributed by atoms with Crippen LogP contribution in [0.4, 0.5) is 0 Å². The number of carboxylic acids is 1. The molecule has 0 amide bonds. The van der Waals surface area contributed by atoms with Crippen molar-refractivity contribution in [1.82, 2.24) is 0 Å². The molecule has 0 aromatic rings. The molecule has 0 saturated heterocycles. The van der Waals surface area contributed by atoms with Crippen molar-refractivity contribution in [2.75, 3.05) is 0 Å². The molecule has 0 spiro atoms. The topological polar surface area (TPSA) is 63.3 Å². The Kier molecular flexibility index (Phi) is 1.49. The van der Waals surface area contributed by atoms with E-state index in [1.807, 2.05) is 6.92 Å². The number of hydrogen-bond acceptors (Lipinski definition) is 2. The molecule has 4 unspecified atom stereocenters. The summed E-state index contributed by atoms with van der Waals surface area (Å²) in [5.41, 5.74) is 5.43. The van der Waals surface area contributed by atoms with Gasteiger partial charge in [0.05, 0.1) is 5.41 Å². The molecule has 0 aromatic carbocycles. The third-order valence-corrected chi connectivity index (χ3v) is 3.68. The van der Waals surface area contributed by atoms with E-state index in [2.05, 4.69) is 0 Å². The maximum atomic E-state index is 10.9. The molecule has 2 rings (SSSR count). The molecule has 68 valence electrons. The predicted molar refractivity (Wildman–Crippen MR) is 44.5 cm³/mol. The van der Waals surface area contributed by atoms with Gasteiger partial charge >= 0.3 is 5.97 Å². The molecule has 12 heavy (non-hydrogen) atoms. The fourth-order valence-electron chi connectivity index (χ4n) is 2.79. The summed E-state index contributed by atoms with van der Waals surface area (Å²) in [4.78, 5) is 10.9. The lowest BCUT2D eigenvalue weighted by Crippen LogP contribution is -2.26. The average molecular weight is 169 g/mol. The minimum Gasteiger partial charge on any atom is -0.481 e. The smallest absolute Gasteiger partial charge is 0.309 e. The number of nitrogens with two attached hydrogens (primary N) is 1. The number of hydrogen-bond donors (Lipinski definition) is 2. The Hall–Kier alpha value is -0.570. The molecule has 0 radical (unpaired) electrons. The third kappa shape index (κ3) is 0.829. The second-order valence-corrected chi connectivity index (χ2v) is 4.33. The first-order chi connectivity index (χ1) is 5.58. The predicted octanol–water partition coefficient (Wildman–Crippen LogP) is 0.834. The van der Waals surface area contributed by atoms with Crippen LogP contribution in [-0.2, 0) is 4.79 Å². The van der Waals surface area contributed by atoms with E-state index < -0.39 is 5.97 Å². The molecule has 4 atom stereocenters. The highest BCUT2D eigenvalue weighted by Crippen LogP contribution is 2.66. The van der Waals surface area contributed by atoms with Gasteiger partial charge in [-0.25, -0.2) is 0 Å². The Bertz CT molecular complexity index is 227. The first-order valence-electron chi connectivity index (χ1n) is 4.57. The third-order valence-electron chi connectivity index (χ3n) is 3.68. The van der Waals surface area contributed by atoms with Crippen LogP contribution in [0.5, 0.6) is 0 Å². The molecular weight excluding hydrogens is 154 g/mol. The summed E-state index contributed by atoms with van der Waals surface area (Å²) in [6.07, 6.45) is 2.72. The standard InChI is InChI=1S/C9H15NO2/c1-5(10)6-2-3-9(8(11)12)4-7(6)9/h5-7H,2-4,10H2,1H3,(H,11,12). The summed E-state index contributed by atoms with van der Waals surface area (Å²) in [5, 5.41) is 8.97. The summed E-state index contributed by atoms with van der Waals surface area (Å²) in [6.45, 7) is 1.99. The van der Waals surface area contributed by atoms with Gasteiger partial charge in [-0.1, -0.05) is 0 Å². The van der Waals surface area contributed by atoms with Crippen LogP contribution in [-0.4, -0.2) is 17.1 Å². The fraction of sp³-hybridized carbons (Fsp3) is 0.889. The normalized spacial score (nSPS) is 46.8. The molecule has 0 aromatic heterocycles. The van der Waals surface area contributed by atoms with Gasteiger partial charge in [-0.05, 0) is 38.0 Å². The van der Waals surface area contributed by atoms with Gasteiger partial charge < -0.3 is 10.8 Å². The fourth-order valence-corrected chi connectivity index (χ4v) is 2.79. The Morgan fingerprint density at radius 2 is 2.42 bits per heavy atom. The van der Waals surface area contributed by atoms with Crippen LogP contribution in [0.2, 0.25) is 0 Å². The number of carboxylic acid groups (broad SMARTS) is 1. The maximum Gasteiger partial charge on any atom is 0.309 e. The Labute approximate surface area is 71.9 Å². The molecule has 3 heteroatoms. The number of aliphatic carboxylic acids is 1. The lowest BCUT2D eigenvalue weighted by Gasteiger charge is -2.14. The minimum absolute atomic E-state index is 0.165. The molecule has 2 fully saturated rings. The zero-order valence-corrected chi connectivity index (χ0v) is 7.29. The zero-order valence-electron chi connectivity index (χ0n) is 7.29. The van der Waals surface area contributed by atoms with Crippen molar-refractivity contribution < 1.29 is 9.90 Å². The van der Waals surface area contributed by atoms with Gasteiger partial charge in [0.2, 0.25) is 0 Å². The molecule has 0 heterocycles. The van der Waals surface area contributed by atoms with Crippen LogP contribution in [0.25, 0.3) is 0 Å². The van der Waals surface area contributed by atoms with Gasteiger partial charge in [0.15, 0.2) is 0 Å². The van der Waals surface area contributed by atoms with E-state index >= 15 is 0 Å². The molecule has 0 bridgehead atoms. The van der Waals surface area contributed by atoms with Gasteiger partial charge in [-0.2, -0.15) is 0 Å². The van der Waals surface area contributed by atoms with Crippen molar-refractivity contribution in [2.24, 2.45) is 23.0 Å². The Balaban J connectivity index is 2.10. The van der Waals surface area contributed by atoms with Gasteiger partial charge in [-0.3, -0.25) is 4.79 Å². The minimum atomic E-state index is -0.601. The van der Waals surface area contributed by atoms with Crippen molar-refractivity contribution in [3.05, 3.63) is 0 Å². The maximum absolute atomic E-state index is 10.9. The van der Waals surface area contributed by atoms with E-state index in [4.69, 9.17) is 10.8 Å². The highest BCUT2D eigenvalue weighted by atomic mass is 16.4. The van der Waals surface area contributed by atoms with Gasteiger partial charge in [-0.15, -0.1) is 0 Å². The summed E-state index contributed by atoms with van der Waals surface area (Å²) < 4.78 is 0. The number of fused-ring (bicyclic) bond motifs is 1. The lowest BCUT2D eigenvalue weighted by atomic mass is 9.97. The molecule has 2 aliphatic rings. The van der Waals surface area contributed by atoms with Crippen LogP contribution in [0.1, 0.15) is 26.2 Å². The molecule has 2 saturated carbocycles. The Morgan fingerprint density at radius 1 is 1.75 bits per heavy atom. The summed E-state index contributed by atoms with van der Waals surface area (Å²) in [6, 6.07) is 0.165. The van der Waals surface area contributed by atoms with E-state index in [0.717, 1.165) is 19.3 Å². The van der Waals surface area contributed by atoms with Crippen molar-refractivity contribution in [3.8, 4) is 0 Å². The molecule has 2 aliphatic carbocycles. The lowest BCUT2D eigenvalue weighted by molar-refractivity contribution is -0.143. The van der Waals surface area contributed by atoms with E-state index in [1.165, 1.54) is 0 Å². The average Bonchev–Trinajstić information content (AvgIpc) is 2.58. The SMILES string of the molecule is CC(N)C1CCC2(C(=O)O)CC12. The van der Waals surface area contributed by atoms with Crippen LogP contribution < -0.4 is 5.73 Å². The summed E-state index contributed by atoms with van der Waals surface area (Å²) >= 11 is 0. The van der Waals surface area contributed by atoms with Crippen molar-refractivity contribution in [1.29, 1.82) is 0 Å². The van der Waals surface area contributed by atoms with Gasteiger partial charge in [0, 0.05) is 6.04 Å². The molecule has 3 N–H and O–H groups in total. The van der Waals surface area contributed by atoms with Gasteiger partial charge in [0.1, 0.15) is 0 Å². The first-order valence-corrected chi connectivity index (χ1v) is 4.57. The van der Waals surface area contributed by atoms with Gasteiger partial charge in [0.25, 0.3) is 0 Å². The van der Waals surface area contributed by atoms with Crippen LogP contribution >= 0.6 is 0 Å². The second kappa shape index (κ2) is 2.22. The van der Waals surface area contributed by atoms with E-state index in [9.17, 15) is 4.79 Å².